The van der Waals surface area contributed by atoms with Gasteiger partial charge in [0.05, 0.1) is 70.0 Å². The number of imide groups is 1. The zero-order chi connectivity index (χ0) is 30.1. The quantitative estimate of drug-likeness (QED) is 0.124. The van der Waals surface area contributed by atoms with Crippen LogP contribution >= 0.6 is 0 Å². The molecule has 0 radical (unpaired) electrons. The summed E-state index contributed by atoms with van der Waals surface area (Å²) in [6, 6.07) is 3.90. The van der Waals surface area contributed by atoms with Crippen molar-refractivity contribution in [2.45, 2.75) is 45.3 Å². The predicted molar refractivity (Wildman–Crippen MR) is 148 cm³/mol. The number of ether oxygens (including phenoxy) is 5. The third-order valence-corrected chi connectivity index (χ3v) is 5.61. The van der Waals surface area contributed by atoms with E-state index in [-0.39, 0.29) is 24.0 Å². The molecule has 0 aromatic heterocycles. The van der Waals surface area contributed by atoms with E-state index in [1.165, 1.54) is 0 Å². The number of carbonyl (C=O) groups excluding carboxylic acids is 5. The fraction of sp³-hybridized carbons (Fsp3) is 0.607. The predicted octanol–water partition coefficient (Wildman–Crippen LogP) is 1.83. The smallest absolute Gasteiger partial charge is 0.407 e. The second-order valence-electron chi connectivity index (χ2n) is 9.96. The molecule has 3 amide bonds. The Morgan fingerprint density at radius 1 is 0.878 bits per heavy atom. The van der Waals surface area contributed by atoms with Crippen LogP contribution < -0.4 is 10.6 Å². The molecule has 1 aliphatic heterocycles. The van der Waals surface area contributed by atoms with Gasteiger partial charge in [0.25, 0.3) is 11.8 Å². The summed E-state index contributed by atoms with van der Waals surface area (Å²) in [6.45, 7) is 9.18. The van der Waals surface area contributed by atoms with Gasteiger partial charge < -0.3 is 43.9 Å². The summed E-state index contributed by atoms with van der Waals surface area (Å²) in [7, 11) is 0. The van der Waals surface area contributed by atoms with E-state index in [2.05, 4.69) is 10.6 Å². The van der Waals surface area contributed by atoms with Gasteiger partial charge in [-0.15, -0.1) is 0 Å². The van der Waals surface area contributed by atoms with Crippen LogP contribution in [0, 0.1) is 0 Å². The Hall–Kier alpha value is -3.39. The number of anilines is 1. The fourth-order valence-corrected chi connectivity index (χ4v) is 3.81. The highest BCUT2D eigenvalue weighted by atomic mass is 16.6. The number of alkyl carbamates (subject to hydrolysis) is 1. The summed E-state index contributed by atoms with van der Waals surface area (Å²) < 4.78 is 26.9. The number of aldehydes is 2. The third kappa shape index (κ3) is 11.9. The van der Waals surface area contributed by atoms with Crippen molar-refractivity contribution in [2.75, 3.05) is 71.3 Å². The molecule has 1 unspecified atom stereocenters. The molecule has 2 N–H and O–H groups in total. The minimum Gasteiger partial charge on any atom is -0.444 e. The summed E-state index contributed by atoms with van der Waals surface area (Å²) in [6.07, 6.45) is 0.855. The average Bonchev–Trinajstić information content (AvgIpc) is 3.18. The maximum atomic E-state index is 12.9. The zero-order valence-corrected chi connectivity index (χ0v) is 24.0. The number of rotatable bonds is 21. The molecule has 0 spiro atoms. The molecule has 1 atom stereocenters. The topological polar surface area (TPSA) is 159 Å². The first-order valence-electron chi connectivity index (χ1n) is 13.6. The summed E-state index contributed by atoms with van der Waals surface area (Å²) in [5.41, 5.74) is 0.369. The number of amides is 3. The van der Waals surface area contributed by atoms with E-state index in [1.807, 2.05) is 0 Å². The molecule has 0 saturated heterocycles. The van der Waals surface area contributed by atoms with Crippen LogP contribution in [0.4, 0.5) is 10.5 Å². The van der Waals surface area contributed by atoms with E-state index in [9.17, 15) is 24.0 Å². The zero-order valence-electron chi connectivity index (χ0n) is 24.0. The number of nitrogens with one attached hydrogen (secondary N) is 2. The largest absolute Gasteiger partial charge is 0.444 e. The van der Waals surface area contributed by atoms with Gasteiger partial charge in [-0.25, -0.2) is 4.79 Å². The molecule has 1 heterocycles. The number of benzene rings is 1. The normalized spacial score (nSPS) is 13.6. The summed E-state index contributed by atoms with van der Waals surface area (Å²) in [5.74, 6) is -1.11. The van der Waals surface area contributed by atoms with Crippen molar-refractivity contribution in [2.24, 2.45) is 0 Å². The lowest BCUT2D eigenvalue weighted by Crippen LogP contribution is -2.41. The molecule has 1 aliphatic rings. The molecule has 0 saturated carbocycles. The van der Waals surface area contributed by atoms with Crippen LogP contribution in [0.15, 0.2) is 18.2 Å². The van der Waals surface area contributed by atoms with Gasteiger partial charge in [-0.1, -0.05) is 6.07 Å². The van der Waals surface area contributed by atoms with Gasteiger partial charge in [0.2, 0.25) is 0 Å². The van der Waals surface area contributed by atoms with Gasteiger partial charge in [-0.2, -0.15) is 0 Å². The maximum absolute atomic E-state index is 12.9. The molecule has 0 aliphatic carbocycles. The van der Waals surface area contributed by atoms with Crippen molar-refractivity contribution in [1.29, 1.82) is 0 Å². The van der Waals surface area contributed by atoms with Crippen molar-refractivity contribution in [1.82, 2.24) is 10.2 Å². The molecule has 1 aromatic rings. The van der Waals surface area contributed by atoms with Crippen LogP contribution in [0.3, 0.4) is 0 Å². The Morgan fingerprint density at radius 3 is 2.02 bits per heavy atom. The summed E-state index contributed by atoms with van der Waals surface area (Å²) >= 11 is 0. The Kier molecular flexibility index (Phi) is 14.9. The lowest BCUT2D eigenvalue weighted by Gasteiger charge is -2.20. The van der Waals surface area contributed by atoms with E-state index in [0.717, 1.165) is 4.90 Å². The Morgan fingerprint density at radius 2 is 1.46 bits per heavy atom. The Labute approximate surface area is 240 Å². The molecule has 1 aromatic carbocycles. The van der Waals surface area contributed by atoms with Crippen molar-refractivity contribution in [3.8, 4) is 0 Å². The van der Waals surface area contributed by atoms with E-state index in [0.29, 0.717) is 84.2 Å². The number of carbonyl (C=O) groups is 5. The van der Waals surface area contributed by atoms with E-state index in [1.54, 1.807) is 39.0 Å². The number of hydrogen-bond donors (Lipinski definition) is 2. The van der Waals surface area contributed by atoms with Crippen molar-refractivity contribution in [3.05, 3.63) is 29.3 Å². The highest BCUT2D eigenvalue weighted by Gasteiger charge is 2.41. The second-order valence-corrected chi connectivity index (χ2v) is 9.96. The standard InChI is InChI=1S/C28H41N3O10/c1-28(2,3)41-27(36)30-10-13-38-15-17-40-19-18-39-16-14-37-12-9-29-23-8-4-7-22-24(23)26(35)31(25(22)34)21(20-33)6-5-11-32/h4,7-8,11,20-21,29H,5-6,9-10,12-19H2,1-3H3,(H,30,36). The number of fused-ring (bicyclic) bond motifs is 1. The molecule has 0 fully saturated rings. The third-order valence-electron chi connectivity index (χ3n) is 5.61. The average molecular weight is 580 g/mol. The summed E-state index contributed by atoms with van der Waals surface area (Å²) in [4.78, 5) is 60.3. The van der Waals surface area contributed by atoms with E-state index in [4.69, 9.17) is 23.7 Å². The highest BCUT2D eigenvalue weighted by molar-refractivity contribution is 6.24. The number of hydrogen-bond acceptors (Lipinski definition) is 11. The lowest BCUT2D eigenvalue weighted by molar-refractivity contribution is -0.112. The molecular weight excluding hydrogens is 538 g/mol. The molecule has 13 heteroatoms. The van der Waals surface area contributed by atoms with Crippen molar-refractivity contribution in [3.63, 3.8) is 0 Å². The highest BCUT2D eigenvalue weighted by Crippen LogP contribution is 2.31. The second kappa shape index (κ2) is 18.1. The fourth-order valence-electron chi connectivity index (χ4n) is 3.81. The van der Waals surface area contributed by atoms with Crippen LogP contribution in [-0.4, -0.2) is 113 Å². The van der Waals surface area contributed by atoms with Crippen molar-refractivity contribution < 1.29 is 47.7 Å². The molecular formula is C28H41N3O10. The van der Waals surface area contributed by atoms with Crippen LogP contribution in [0.5, 0.6) is 0 Å². The van der Waals surface area contributed by atoms with Gasteiger partial charge in [-0.3, -0.25) is 14.5 Å². The Bertz CT molecular complexity index is 1010. The first-order chi connectivity index (χ1) is 19.7. The maximum Gasteiger partial charge on any atom is 0.407 e. The molecule has 13 nitrogen and oxygen atoms in total. The SMILES string of the molecule is CC(C)(C)OC(=O)NCCOCCOCCOCCOCCNc1cccc2c1C(=O)N(C(C=O)CCC=O)C2=O. The van der Waals surface area contributed by atoms with Crippen LogP contribution in [0.1, 0.15) is 54.3 Å². The van der Waals surface area contributed by atoms with Crippen LogP contribution in [-0.2, 0) is 33.3 Å². The van der Waals surface area contributed by atoms with Crippen LogP contribution in [0.2, 0.25) is 0 Å². The monoisotopic (exact) mass is 579 g/mol. The van der Waals surface area contributed by atoms with Gasteiger partial charge in [-0.05, 0) is 39.3 Å². The molecule has 228 valence electrons. The van der Waals surface area contributed by atoms with Gasteiger partial charge >= 0.3 is 6.09 Å². The van der Waals surface area contributed by atoms with E-state index < -0.39 is 29.6 Å². The molecule has 0 bridgehead atoms. The minimum atomic E-state index is -0.984. The van der Waals surface area contributed by atoms with Crippen LogP contribution in [0.25, 0.3) is 0 Å². The molecule has 41 heavy (non-hydrogen) atoms. The molecule has 2 rings (SSSR count). The summed E-state index contributed by atoms with van der Waals surface area (Å²) in [5, 5.41) is 5.71. The van der Waals surface area contributed by atoms with Gasteiger partial charge in [0.15, 0.2) is 0 Å². The van der Waals surface area contributed by atoms with Gasteiger partial charge in [0.1, 0.15) is 18.2 Å². The first-order valence-corrected chi connectivity index (χ1v) is 13.6. The van der Waals surface area contributed by atoms with Gasteiger partial charge in [0, 0.05) is 25.2 Å². The first kappa shape index (κ1) is 33.8. The Balaban J connectivity index is 1.51. The van der Waals surface area contributed by atoms with Crippen molar-refractivity contribution >= 4 is 36.2 Å². The minimum absolute atomic E-state index is 0.0724. The van der Waals surface area contributed by atoms with E-state index >= 15 is 0 Å². The number of nitrogens with zero attached hydrogens (tertiary/aromatic N) is 1. The lowest BCUT2D eigenvalue weighted by atomic mass is 10.1.